The zero-order valence-electron chi connectivity index (χ0n) is 8.10. The Morgan fingerprint density at radius 2 is 1.80 bits per heavy atom. The van der Waals surface area contributed by atoms with E-state index in [0.29, 0.717) is 11.9 Å². The summed E-state index contributed by atoms with van der Waals surface area (Å²) >= 11 is 0. The van der Waals surface area contributed by atoms with Gasteiger partial charge in [0, 0.05) is 0 Å². The smallest absolute Gasteiger partial charge is 0.336 e. The highest BCUT2D eigenvalue weighted by molar-refractivity contribution is 6.11. The lowest BCUT2D eigenvalue weighted by Crippen LogP contribution is -1.99. The van der Waals surface area contributed by atoms with Crippen molar-refractivity contribution in [1.82, 2.24) is 0 Å². The molecule has 0 amide bonds. The van der Waals surface area contributed by atoms with E-state index in [2.05, 4.69) is 0 Å². The van der Waals surface area contributed by atoms with Crippen molar-refractivity contribution >= 4 is 24.6 Å². The molecule has 72 valence electrons. The van der Waals surface area contributed by atoms with Crippen molar-refractivity contribution in [3.8, 4) is 0 Å². The first-order valence-corrected chi connectivity index (χ1v) is 4.68. The Hall–Kier alpha value is -1.77. The SMILES string of the molecule is [B]Cc1ccc(C(=O)O)c2ccccc12. The lowest BCUT2D eigenvalue weighted by molar-refractivity contribution is 0.0699. The molecule has 2 radical (unpaired) electrons. The summed E-state index contributed by atoms with van der Waals surface area (Å²) in [6.45, 7) is 0. The van der Waals surface area contributed by atoms with Crippen LogP contribution in [-0.2, 0) is 6.32 Å². The van der Waals surface area contributed by atoms with Gasteiger partial charge in [0.05, 0.1) is 13.4 Å². The van der Waals surface area contributed by atoms with Crippen LogP contribution < -0.4 is 0 Å². The van der Waals surface area contributed by atoms with Crippen LogP contribution in [0.5, 0.6) is 0 Å². The van der Waals surface area contributed by atoms with Gasteiger partial charge >= 0.3 is 5.97 Å². The van der Waals surface area contributed by atoms with Crippen molar-refractivity contribution in [2.24, 2.45) is 0 Å². The molecular weight excluding hydrogens is 187 g/mol. The van der Waals surface area contributed by atoms with Gasteiger partial charge in [0.15, 0.2) is 0 Å². The van der Waals surface area contributed by atoms with Gasteiger partial charge in [0.1, 0.15) is 0 Å². The van der Waals surface area contributed by atoms with Crippen molar-refractivity contribution in [2.75, 3.05) is 0 Å². The van der Waals surface area contributed by atoms with Gasteiger partial charge in [-0.2, -0.15) is 0 Å². The Morgan fingerprint density at radius 3 is 2.40 bits per heavy atom. The molecule has 2 aromatic carbocycles. The van der Waals surface area contributed by atoms with Gasteiger partial charge < -0.3 is 5.11 Å². The molecule has 0 aliphatic rings. The standard InChI is InChI=1S/C12H9BO2/c13-7-8-5-6-11(12(14)15)10-4-2-1-3-9(8)10/h1-6H,7H2,(H,14,15). The van der Waals surface area contributed by atoms with E-state index >= 15 is 0 Å². The lowest BCUT2D eigenvalue weighted by atomic mass is 9.90. The summed E-state index contributed by atoms with van der Waals surface area (Å²) in [4.78, 5) is 11.0. The number of rotatable bonds is 2. The second-order valence-electron chi connectivity index (χ2n) is 3.33. The Bertz CT molecular complexity index is 520. The van der Waals surface area contributed by atoms with Gasteiger partial charge in [-0.25, -0.2) is 4.79 Å². The molecule has 0 atom stereocenters. The third-order valence-corrected chi connectivity index (χ3v) is 2.46. The summed E-state index contributed by atoms with van der Waals surface area (Å²) in [5.41, 5.74) is 1.29. The first-order valence-electron chi connectivity index (χ1n) is 4.68. The van der Waals surface area contributed by atoms with Crippen LogP contribution in [0, 0.1) is 0 Å². The maximum atomic E-state index is 11.0. The fourth-order valence-electron chi connectivity index (χ4n) is 1.73. The van der Waals surface area contributed by atoms with Crippen LogP contribution in [0.25, 0.3) is 10.8 Å². The zero-order chi connectivity index (χ0) is 10.8. The van der Waals surface area contributed by atoms with Crippen molar-refractivity contribution in [3.63, 3.8) is 0 Å². The fourth-order valence-corrected chi connectivity index (χ4v) is 1.73. The molecular formula is C12H9BO2. The summed E-state index contributed by atoms with van der Waals surface area (Å²) in [7, 11) is 5.59. The van der Waals surface area contributed by atoms with E-state index in [1.807, 2.05) is 18.2 Å². The topological polar surface area (TPSA) is 37.3 Å². The molecule has 15 heavy (non-hydrogen) atoms. The van der Waals surface area contributed by atoms with E-state index < -0.39 is 5.97 Å². The molecule has 1 N–H and O–H groups in total. The highest BCUT2D eigenvalue weighted by Crippen LogP contribution is 2.22. The van der Waals surface area contributed by atoms with Crippen LogP contribution in [0.15, 0.2) is 36.4 Å². The zero-order valence-corrected chi connectivity index (χ0v) is 8.10. The van der Waals surface area contributed by atoms with Crippen LogP contribution in [0.4, 0.5) is 0 Å². The number of aromatic carboxylic acids is 1. The Labute approximate surface area is 89.0 Å². The van der Waals surface area contributed by atoms with E-state index in [-0.39, 0.29) is 0 Å². The molecule has 0 saturated heterocycles. The molecule has 0 bridgehead atoms. The van der Waals surface area contributed by atoms with Crippen LogP contribution >= 0.6 is 0 Å². The van der Waals surface area contributed by atoms with Gasteiger partial charge in [-0.15, -0.1) is 0 Å². The molecule has 0 aliphatic carbocycles. The predicted octanol–water partition coefficient (Wildman–Crippen LogP) is 2.21. The number of hydrogen-bond donors (Lipinski definition) is 1. The minimum absolute atomic E-state index is 0.322. The van der Waals surface area contributed by atoms with E-state index in [9.17, 15) is 4.79 Å². The lowest BCUT2D eigenvalue weighted by Gasteiger charge is -2.06. The minimum atomic E-state index is -0.908. The number of benzene rings is 2. The maximum absolute atomic E-state index is 11.0. The van der Waals surface area contributed by atoms with E-state index in [4.69, 9.17) is 13.0 Å². The molecule has 0 unspecified atom stereocenters. The van der Waals surface area contributed by atoms with Gasteiger partial charge in [0.2, 0.25) is 0 Å². The van der Waals surface area contributed by atoms with Gasteiger partial charge in [-0.1, -0.05) is 36.7 Å². The number of fused-ring (bicyclic) bond motifs is 1. The molecule has 2 aromatic rings. The first kappa shape index (κ1) is 9.78. The molecule has 0 aliphatic heterocycles. The van der Waals surface area contributed by atoms with Gasteiger partial charge in [-0.3, -0.25) is 0 Å². The van der Waals surface area contributed by atoms with Crippen molar-refractivity contribution in [1.29, 1.82) is 0 Å². The molecule has 0 aromatic heterocycles. The second kappa shape index (κ2) is 3.77. The quantitative estimate of drug-likeness (QED) is 0.747. The monoisotopic (exact) mass is 196 g/mol. The normalized spacial score (nSPS) is 10.4. The molecule has 0 spiro atoms. The summed E-state index contributed by atoms with van der Waals surface area (Å²) in [6, 6.07) is 10.8. The molecule has 2 rings (SSSR count). The molecule has 0 heterocycles. The van der Waals surface area contributed by atoms with Crippen LogP contribution in [-0.4, -0.2) is 18.9 Å². The summed E-state index contributed by atoms with van der Waals surface area (Å²) in [5.74, 6) is -0.908. The van der Waals surface area contributed by atoms with Gasteiger partial charge in [0.25, 0.3) is 0 Å². The van der Waals surface area contributed by atoms with Gasteiger partial charge in [-0.05, 0) is 22.4 Å². The molecule has 0 fully saturated rings. The van der Waals surface area contributed by atoms with Crippen molar-refractivity contribution in [3.05, 3.63) is 47.5 Å². The highest BCUT2D eigenvalue weighted by Gasteiger charge is 2.09. The van der Waals surface area contributed by atoms with Crippen molar-refractivity contribution < 1.29 is 9.90 Å². The van der Waals surface area contributed by atoms with Crippen molar-refractivity contribution in [2.45, 2.75) is 6.32 Å². The number of carboxylic acid groups (broad SMARTS) is 1. The summed E-state index contributed by atoms with van der Waals surface area (Å²) in [6.07, 6.45) is 0.417. The molecule has 0 saturated carbocycles. The van der Waals surface area contributed by atoms with Crippen LogP contribution in [0.1, 0.15) is 15.9 Å². The summed E-state index contributed by atoms with van der Waals surface area (Å²) in [5, 5.41) is 10.7. The Morgan fingerprint density at radius 1 is 1.13 bits per heavy atom. The first-order chi connectivity index (χ1) is 7.24. The maximum Gasteiger partial charge on any atom is 0.336 e. The average molecular weight is 196 g/mol. The number of carbonyl (C=O) groups is 1. The number of carboxylic acids is 1. The van der Waals surface area contributed by atoms with E-state index in [1.165, 1.54) is 0 Å². The van der Waals surface area contributed by atoms with Crippen LogP contribution in [0.3, 0.4) is 0 Å². The summed E-state index contributed by atoms with van der Waals surface area (Å²) < 4.78 is 0. The predicted molar refractivity (Wildman–Crippen MR) is 60.4 cm³/mol. The number of hydrogen-bond acceptors (Lipinski definition) is 1. The molecule has 3 heteroatoms. The Kier molecular flexibility index (Phi) is 2.46. The largest absolute Gasteiger partial charge is 0.478 e. The van der Waals surface area contributed by atoms with E-state index in [1.54, 1.807) is 18.2 Å². The molecule has 2 nitrogen and oxygen atoms in total. The Balaban J connectivity index is 2.83. The van der Waals surface area contributed by atoms with E-state index in [0.717, 1.165) is 16.3 Å². The highest BCUT2D eigenvalue weighted by atomic mass is 16.4. The van der Waals surface area contributed by atoms with Crippen LogP contribution in [0.2, 0.25) is 0 Å². The second-order valence-corrected chi connectivity index (χ2v) is 3.33. The minimum Gasteiger partial charge on any atom is -0.478 e. The third kappa shape index (κ3) is 1.61. The fraction of sp³-hybridized carbons (Fsp3) is 0.0833. The third-order valence-electron chi connectivity index (χ3n) is 2.46. The average Bonchev–Trinajstić information content (AvgIpc) is 2.27.